The van der Waals surface area contributed by atoms with Crippen LogP contribution in [0.3, 0.4) is 0 Å². The van der Waals surface area contributed by atoms with E-state index in [0.29, 0.717) is 32.1 Å². The van der Waals surface area contributed by atoms with Gasteiger partial charge in [0.1, 0.15) is 19.3 Å². The fraction of sp³-hybridized carbons (Fsp3) is 0.687. The molecule has 17 nitrogen and oxygen atoms in total. The maximum atomic E-state index is 13.1. The summed E-state index contributed by atoms with van der Waals surface area (Å²) in [5.74, 6) is -2.26. The van der Waals surface area contributed by atoms with Crippen LogP contribution < -0.4 is 0 Å². The lowest BCUT2D eigenvalue weighted by atomic mass is 10.1. The normalized spacial score (nSPS) is 14.6. The van der Waals surface area contributed by atoms with Crippen LogP contribution in [-0.2, 0) is 65.4 Å². The van der Waals surface area contributed by atoms with Crippen molar-refractivity contribution in [2.24, 2.45) is 0 Å². The second kappa shape index (κ2) is 74.5. The summed E-state index contributed by atoms with van der Waals surface area (Å²) in [6, 6.07) is 0. The Bertz CT molecular complexity index is 2460. The minimum atomic E-state index is -4.99. The van der Waals surface area contributed by atoms with Crippen molar-refractivity contribution in [1.82, 2.24) is 0 Å². The number of phosphoric acid groups is 2. The molecule has 584 valence electrons. The Hall–Kier alpha value is -4.80. The molecular formula is C83H140O17P2. The van der Waals surface area contributed by atoms with Crippen LogP contribution in [0.4, 0.5) is 0 Å². The van der Waals surface area contributed by atoms with Gasteiger partial charge in [-0.2, -0.15) is 0 Å². The molecule has 19 heteroatoms. The zero-order valence-electron chi connectivity index (χ0n) is 63.7. The smallest absolute Gasteiger partial charge is 0.462 e. The second-order valence-corrected chi connectivity index (χ2v) is 28.8. The Balaban J connectivity index is 5.36. The molecule has 0 amide bonds. The number of unbranched alkanes of at least 4 members (excludes halogenated alkanes) is 25. The van der Waals surface area contributed by atoms with Crippen molar-refractivity contribution in [1.29, 1.82) is 0 Å². The molecular weight excluding hydrogens is 1330 g/mol. The Morgan fingerprint density at radius 2 is 0.520 bits per heavy atom. The first-order valence-corrected chi connectivity index (χ1v) is 42.4. The van der Waals surface area contributed by atoms with Crippen molar-refractivity contribution in [3.8, 4) is 0 Å². The van der Waals surface area contributed by atoms with E-state index in [0.717, 1.165) is 193 Å². The van der Waals surface area contributed by atoms with E-state index in [-0.39, 0.29) is 25.7 Å². The standard InChI is InChI=1S/C83H140O17P2/c1-5-9-13-17-21-25-29-32-35-37-38-40-43-45-49-52-56-60-64-68-80(85)93-73-78(99-82(87)69-65-61-57-53-47-28-24-20-16-12-8-4)75-97-101(89,90)95-71-77(84)72-96-102(91,92)98-76-79(100-83(88)70-66-62-58-54-50-46-41-34-31-27-23-19-15-11-7-3)74-94-81(86)67-63-59-55-51-48-44-42-39-36-33-30-26-22-18-14-10-6-2/h10-11,14-15,20-27,32-36,38,40-41,50,54,77-79,84H,5-9,12-13,16-19,28-31,37,39,42-49,51-53,55-76H2,1-4H3,(H,89,90)(H,91,92)/b14-10-,15-11-,24-20-,25-21-,26-22-,27-23-,35-32-,36-33-,40-38-,41-34-,54-50-. The quantitative estimate of drug-likeness (QED) is 0.0169. The molecule has 0 aromatic heterocycles. The van der Waals surface area contributed by atoms with Gasteiger partial charge in [-0.1, -0.05) is 264 Å². The van der Waals surface area contributed by atoms with Gasteiger partial charge >= 0.3 is 39.5 Å². The fourth-order valence-electron chi connectivity index (χ4n) is 10.1. The minimum Gasteiger partial charge on any atom is -0.462 e. The summed E-state index contributed by atoms with van der Waals surface area (Å²) in [5.41, 5.74) is 0. The first-order valence-electron chi connectivity index (χ1n) is 39.4. The van der Waals surface area contributed by atoms with Gasteiger partial charge in [-0.3, -0.25) is 37.3 Å². The summed E-state index contributed by atoms with van der Waals surface area (Å²) < 4.78 is 68.5. The van der Waals surface area contributed by atoms with E-state index in [2.05, 4.69) is 161 Å². The Kier molecular flexibility index (Phi) is 71.0. The van der Waals surface area contributed by atoms with Crippen molar-refractivity contribution in [3.05, 3.63) is 134 Å². The third kappa shape index (κ3) is 73.5. The summed E-state index contributed by atoms with van der Waals surface area (Å²) in [4.78, 5) is 72.9. The van der Waals surface area contributed by atoms with Crippen LogP contribution in [0, 0.1) is 0 Å². The summed E-state index contributed by atoms with van der Waals surface area (Å²) in [7, 11) is -9.98. The van der Waals surface area contributed by atoms with Gasteiger partial charge in [0.15, 0.2) is 12.2 Å². The summed E-state index contributed by atoms with van der Waals surface area (Å²) in [6.07, 6.45) is 83.0. The van der Waals surface area contributed by atoms with Gasteiger partial charge in [0.2, 0.25) is 0 Å². The molecule has 3 N–H and O–H groups in total. The molecule has 0 radical (unpaired) electrons. The number of aliphatic hydroxyl groups excluding tert-OH is 1. The maximum absolute atomic E-state index is 13.1. The van der Waals surface area contributed by atoms with Crippen molar-refractivity contribution >= 4 is 39.5 Å². The average Bonchev–Trinajstić information content (AvgIpc) is 0.925. The van der Waals surface area contributed by atoms with Gasteiger partial charge in [0.25, 0.3) is 0 Å². The Labute approximate surface area is 618 Å². The predicted molar refractivity (Wildman–Crippen MR) is 418 cm³/mol. The number of carbonyl (C=O) groups is 4. The van der Waals surface area contributed by atoms with Gasteiger partial charge in [0.05, 0.1) is 26.4 Å². The van der Waals surface area contributed by atoms with Crippen LogP contribution in [0.15, 0.2) is 134 Å². The van der Waals surface area contributed by atoms with Gasteiger partial charge < -0.3 is 33.8 Å². The van der Waals surface area contributed by atoms with E-state index >= 15 is 0 Å². The van der Waals surface area contributed by atoms with Crippen LogP contribution in [0.2, 0.25) is 0 Å². The zero-order chi connectivity index (χ0) is 74.6. The number of rotatable bonds is 73. The summed E-state index contributed by atoms with van der Waals surface area (Å²) in [6.45, 7) is 4.50. The van der Waals surface area contributed by atoms with E-state index in [1.807, 2.05) is 0 Å². The lowest BCUT2D eigenvalue weighted by molar-refractivity contribution is -0.161. The molecule has 5 atom stereocenters. The molecule has 0 aliphatic rings. The molecule has 0 spiro atoms. The minimum absolute atomic E-state index is 0.0372. The van der Waals surface area contributed by atoms with Crippen LogP contribution in [0.1, 0.15) is 310 Å². The topological polar surface area (TPSA) is 237 Å². The first-order chi connectivity index (χ1) is 49.7. The van der Waals surface area contributed by atoms with Crippen LogP contribution in [-0.4, -0.2) is 96.7 Å². The third-order valence-corrected chi connectivity index (χ3v) is 18.0. The van der Waals surface area contributed by atoms with Gasteiger partial charge in [-0.05, 0) is 154 Å². The molecule has 0 saturated carbocycles. The highest BCUT2D eigenvalue weighted by atomic mass is 31.2. The number of phosphoric ester groups is 2. The van der Waals surface area contributed by atoms with E-state index in [1.54, 1.807) is 0 Å². The molecule has 0 saturated heterocycles. The second-order valence-electron chi connectivity index (χ2n) is 25.9. The number of carbonyl (C=O) groups excluding carboxylic acids is 4. The van der Waals surface area contributed by atoms with Crippen LogP contribution >= 0.6 is 15.6 Å². The summed E-state index contributed by atoms with van der Waals surface area (Å²) >= 11 is 0. The van der Waals surface area contributed by atoms with Crippen molar-refractivity contribution in [2.75, 3.05) is 39.6 Å². The predicted octanol–water partition coefficient (Wildman–Crippen LogP) is 22.9. The highest BCUT2D eigenvalue weighted by Gasteiger charge is 2.30. The number of ether oxygens (including phenoxy) is 4. The highest BCUT2D eigenvalue weighted by Crippen LogP contribution is 2.45. The number of hydrogen-bond donors (Lipinski definition) is 3. The van der Waals surface area contributed by atoms with Gasteiger partial charge in [-0.25, -0.2) is 9.13 Å². The number of hydrogen-bond acceptors (Lipinski definition) is 15. The Morgan fingerprint density at radius 1 is 0.284 bits per heavy atom. The van der Waals surface area contributed by atoms with Crippen molar-refractivity contribution < 1.29 is 80.2 Å². The van der Waals surface area contributed by atoms with Gasteiger partial charge in [0, 0.05) is 25.7 Å². The average molecular weight is 1470 g/mol. The van der Waals surface area contributed by atoms with Crippen molar-refractivity contribution in [2.45, 2.75) is 329 Å². The van der Waals surface area contributed by atoms with Crippen molar-refractivity contribution in [3.63, 3.8) is 0 Å². The molecule has 0 aliphatic heterocycles. The lowest BCUT2D eigenvalue weighted by Crippen LogP contribution is -2.30. The maximum Gasteiger partial charge on any atom is 0.472 e. The number of aliphatic hydroxyl groups is 1. The highest BCUT2D eigenvalue weighted by molar-refractivity contribution is 7.47. The molecule has 0 aromatic rings. The molecule has 102 heavy (non-hydrogen) atoms. The lowest BCUT2D eigenvalue weighted by Gasteiger charge is -2.21. The molecule has 0 aromatic carbocycles. The largest absolute Gasteiger partial charge is 0.472 e. The van der Waals surface area contributed by atoms with E-state index in [1.165, 1.54) is 32.1 Å². The Morgan fingerprint density at radius 3 is 0.843 bits per heavy atom. The number of allylic oxidation sites excluding steroid dienone is 22. The van der Waals surface area contributed by atoms with Crippen LogP contribution in [0.5, 0.6) is 0 Å². The molecule has 5 unspecified atom stereocenters. The number of esters is 4. The zero-order valence-corrected chi connectivity index (χ0v) is 65.5. The monoisotopic (exact) mass is 1470 g/mol. The fourth-order valence-corrected chi connectivity index (χ4v) is 11.7. The van der Waals surface area contributed by atoms with E-state index < -0.39 is 97.5 Å². The molecule has 0 heterocycles. The molecule has 0 fully saturated rings. The molecule has 0 bridgehead atoms. The first kappa shape index (κ1) is 97.2. The molecule has 0 aliphatic carbocycles. The molecule has 0 rings (SSSR count). The summed E-state index contributed by atoms with van der Waals surface area (Å²) in [5, 5.41) is 10.6. The van der Waals surface area contributed by atoms with E-state index in [9.17, 15) is 43.2 Å². The van der Waals surface area contributed by atoms with Crippen LogP contribution in [0.25, 0.3) is 0 Å². The van der Waals surface area contributed by atoms with Gasteiger partial charge in [-0.15, -0.1) is 0 Å². The SMILES string of the molecule is CC/C=C\C/C=C\C/C=C\C/C=C\CCCCC(=O)OC(COC(=O)CCCCCCCCC/C=C\C/C=C\C/C=C\CC)COP(=O)(O)OCC(O)COP(=O)(O)OCC(COC(=O)CCCCCCCC/C=C\C/C=C\C/C=C\CCCCC)OC(=O)CCCCCCC/C=C\CCCC. The van der Waals surface area contributed by atoms with E-state index in [4.69, 9.17) is 37.0 Å². The third-order valence-electron chi connectivity index (χ3n) is 16.1.